The quantitative estimate of drug-likeness (QED) is 0.487. The third-order valence-electron chi connectivity index (χ3n) is 4.81. The predicted octanol–water partition coefficient (Wildman–Crippen LogP) is 3.14. The van der Waals surface area contributed by atoms with Gasteiger partial charge < -0.3 is 10.2 Å². The zero-order valence-corrected chi connectivity index (χ0v) is 17.8. The highest BCUT2D eigenvalue weighted by Gasteiger charge is 2.14. The van der Waals surface area contributed by atoms with E-state index in [2.05, 4.69) is 20.4 Å². The molecule has 0 atom stereocenters. The fraction of sp³-hybridized carbons (Fsp3) is 0.190. The monoisotopic (exact) mass is 442 g/mol. The molecule has 160 valence electrons. The second kappa shape index (κ2) is 7.64. The number of primary sulfonamides is 1. The molecule has 4 aromatic rings. The Morgan fingerprint density at radius 2 is 2.06 bits per heavy atom. The number of sulfonamides is 1. The molecule has 0 bridgehead atoms. The lowest BCUT2D eigenvalue weighted by Gasteiger charge is -2.19. The van der Waals surface area contributed by atoms with Gasteiger partial charge in [0.2, 0.25) is 16.0 Å². The van der Waals surface area contributed by atoms with E-state index in [4.69, 9.17) is 12.0 Å². The van der Waals surface area contributed by atoms with Crippen LogP contribution >= 0.6 is 0 Å². The molecule has 9 nitrogen and oxygen atoms in total. The lowest BCUT2D eigenvalue weighted by atomic mass is 10.2. The molecule has 0 unspecified atom stereocenters. The van der Waals surface area contributed by atoms with Gasteiger partial charge in [-0.2, -0.15) is 10.1 Å². The van der Waals surface area contributed by atoms with Gasteiger partial charge in [-0.3, -0.25) is 4.68 Å². The molecule has 31 heavy (non-hydrogen) atoms. The average Bonchev–Trinajstić information content (AvgIpc) is 3.11. The third-order valence-corrected chi connectivity index (χ3v) is 5.87. The van der Waals surface area contributed by atoms with Crippen LogP contribution in [-0.4, -0.2) is 35.2 Å². The fourth-order valence-corrected chi connectivity index (χ4v) is 3.94. The number of hydrogen-bond acceptors (Lipinski definition) is 7. The predicted molar refractivity (Wildman–Crippen MR) is 121 cm³/mol. The van der Waals surface area contributed by atoms with Crippen molar-refractivity contribution in [3.8, 4) is 0 Å². The molecule has 0 spiro atoms. The van der Waals surface area contributed by atoms with Crippen LogP contribution < -0.4 is 15.4 Å². The first-order valence-electron chi connectivity index (χ1n) is 11.6. The summed E-state index contributed by atoms with van der Waals surface area (Å²) < 4.78 is 64.7. The molecule has 0 aliphatic carbocycles. The maximum absolute atomic E-state index is 11.8. The number of hydrogen-bond donors (Lipinski definition) is 2. The van der Waals surface area contributed by atoms with Gasteiger partial charge in [0.15, 0.2) is 0 Å². The third kappa shape index (κ3) is 4.07. The molecule has 0 radical (unpaired) electrons. The van der Waals surface area contributed by atoms with Crippen LogP contribution in [0.15, 0.2) is 53.5 Å². The molecule has 0 aliphatic heterocycles. The minimum atomic E-state index is -3.95. The van der Waals surface area contributed by atoms with Gasteiger partial charge in [0.05, 0.1) is 13.2 Å². The zero-order valence-electron chi connectivity index (χ0n) is 22.0. The number of nitrogens with two attached hydrogens (primary N) is 1. The molecule has 0 saturated carbocycles. The van der Waals surface area contributed by atoms with E-state index in [-0.39, 0.29) is 34.6 Å². The zero-order chi connectivity index (χ0) is 26.6. The van der Waals surface area contributed by atoms with Gasteiger partial charge in [-0.25, -0.2) is 18.5 Å². The van der Waals surface area contributed by atoms with Crippen molar-refractivity contribution in [2.24, 2.45) is 12.2 Å². The Balaban J connectivity index is 1.73. The smallest absolute Gasteiger partial charge is 0.238 e. The highest BCUT2D eigenvalue weighted by atomic mass is 32.2. The van der Waals surface area contributed by atoms with Crippen molar-refractivity contribution in [2.45, 2.75) is 18.7 Å². The summed E-state index contributed by atoms with van der Waals surface area (Å²) in [5.74, 6) is 0.0771. The molecule has 2 heterocycles. The summed E-state index contributed by atoms with van der Waals surface area (Å²) >= 11 is 0. The standard InChI is InChI=1S/C21H23N7O2S/c1-13-5-6-15(11-19(13)31(22,29)30)24-21-23-10-9-20(25-21)27(3)16-7-8-17-14(2)28(4)26-18(17)12-16/h5-12H,1-4H3,(H2,22,29,30)(H,23,24,25)/i2D3,9D,10D. The van der Waals surface area contributed by atoms with Gasteiger partial charge in [0.1, 0.15) is 5.82 Å². The van der Waals surface area contributed by atoms with Crippen molar-refractivity contribution in [2.75, 3.05) is 17.3 Å². The molecular weight excluding hydrogens is 414 g/mol. The highest BCUT2D eigenvalue weighted by molar-refractivity contribution is 7.89. The number of aryl methyl sites for hydroxylation is 3. The number of fused-ring (bicyclic) bond motifs is 1. The van der Waals surface area contributed by atoms with Gasteiger partial charge in [-0.05, 0) is 55.7 Å². The van der Waals surface area contributed by atoms with Crippen molar-refractivity contribution in [3.63, 3.8) is 0 Å². The normalized spacial score (nSPS) is 14.4. The van der Waals surface area contributed by atoms with E-state index >= 15 is 0 Å². The lowest BCUT2D eigenvalue weighted by molar-refractivity contribution is 0.597. The van der Waals surface area contributed by atoms with Crippen LogP contribution in [0, 0.1) is 13.8 Å². The van der Waals surface area contributed by atoms with Crippen molar-refractivity contribution >= 4 is 44.1 Å². The molecule has 0 saturated heterocycles. The number of aromatic nitrogens is 4. The summed E-state index contributed by atoms with van der Waals surface area (Å²) in [5.41, 5.74) is 1.93. The Kier molecular flexibility index (Phi) is 3.78. The Hall–Kier alpha value is -3.50. The largest absolute Gasteiger partial charge is 0.329 e. The van der Waals surface area contributed by atoms with Crippen LogP contribution in [-0.2, 0) is 17.1 Å². The van der Waals surface area contributed by atoms with E-state index in [9.17, 15) is 8.42 Å². The molecule has 3 N–H and O–H groups in total. The first-order valence-corrected chi connectivity index (χ1v) is 10.7. The second-order valence-electron chi connectivity index (χ2n) is 6.99. The minimum absolute atomic E-state index is 0.0225. The van der Waals surface area contributed by atoms with E-state index in [0.717, 1.165) is 0 Å². The molecular formula is C21H23N7O2S. The Morgan fingerprint density at radius 3 is 2.81 bits per heavy atom. The molecule has 4 rings (SSSR count). The van der Waals surface area contributed by atoms with Crippen molar-refractivity contribution in [1.29, 1.82) is 0 Å². The van der Waals surface area contributed by atoms with Crippen molar-refractivity contribution < 1.29 is 15.3 Å². The Bertz CT molecular complexity index is 1600. The SMILES string of the molecule is [2H]c1nc(Nc2ccc(C)c(S(N)(=O)=O)c2)nc(N(C)c2ccc3c(C([2H])([2H])[2H])n(C)nc3c2)c1[2H]. The van der Waals surface area contributed by atoms with Gasteiger partial charge in [0, 0.05) is 46.8 Å². The maximum Gasteiger partial charge on any atom is 0.238 e. The van der Waals surface area contributed by atoms with Crippen molar-refractivity contribution in [3.05, 3.63) is 59.9 Å². The van der Waals surface area contributed by atoms with Crippen LogP contribution in [0.2, 0.25) is 0 Å². The molecule has 0 fully saturated rings. The van der Waals surface area contributed by atoms with E-state index in [1.165, 1.54) is 10.7 Å². The van der Waals surface area contributed by atoms with Crippen LogP contribution in [0.25, 0.3) is 10.9 Å². The van der Waals surface area contributed by atoms with Crippen LogP contribution in [0.5, 0.6) is 0 Å². The fourth-order valence-electron chi connectivity index (χ4n) is 3.13. The molecule has 2 aromatic heterocycles. The molecule has 2 aromatic carbocycles. The number of nitrogens with one attached hydrogen (secondary N) is 1. The molecule has 0 amide bonds. The Morgan fingerprint density at radius 1 is 1.26 bits per heavy atom. The summed E-state index contributed by atoms with van der Waals surface area (Å²) in [5, 5.41) is 12.9. The summed E-state index contributed by atoms with van der Waals surface area (Å²) in [6, 6.07) is 9.28. The van der Waals surface area contributed by atoms with Gasteiger partial charge in [-0.1, -0.05) is 6.07 Å². The summed E-state index contributed by atoms with van der Waals surface area (Å²) in [6.45, 7) is -0.721. The van der Waals surface area contributed by atoms with E-state index in [1.807, 2.05) is 0 Å². The van der Waals surface area contributed by atoms with Crippen LogP contribution in [0.4, 0.5) is 23.1 Å². The average molecular weight is 443 g/mol. The lowest BCUT2D eigenvalue weighted by Crippen LogP contribution is -2.14. The number of anilines is 4. The van der Waals surface area contributed by atoms with E-state index in [0.29, 0.717) is 27.8 Å². The minimum Gasteiger partial charge on any atom is -0.329 e. The van der Waals surface area contributed by atoms with E-state index < -0.39 is 16.9 Å². The molecule has 10 heteroatoms. The maximum atomic E-state index is 11.8. The van der Waals surface area contributed by atoms with Crippen LogP contribution in [0.3, 0.4) is 0 Å². The topological polar surface area (TPSA) is 119 Å². The summed E-state index contributed by atoms with van der Waals surface area (Å²) in [4.78, 5) is 9.84. The highest BCUT2D eigenvalue weighted by Crippen LogP contribution is 2.28. The summed E-state index contributed by atoms with van der Waals surface area (Å²) in [6.07, 6.45) is -0.350. The Labute approximate surface area is 187 Å². The summed E-state index contributed by atoms with van der Waals surface area (Å²) in [7, 11) is -0.743. The van der Waals surface area contributed by atoms with Crippen molar-refractivity contribution in [1.82, 2.24) is 19.7 Å². The first-order chi connectivity index (χ1) is 16.7. The van der Waals surface area contributed by atoms with Gasteiger partial charge in [-0.15, -0.1) is 0 Å². The second-order valence-corrected chi connectivity index (χ2v) is 8.52. The van der Waals surface area contributed by atoms with E-state index in [1.54, 1.807) is 56.3 Å². The van der Waals surface area contributed by atoms with Crippen LogP contribution in [0.1, 0.15) is 18.1 Å². The number of benzene rings is 2. The van der Waals surface area contributed by atoms with Gasteiger partial charge in [0.25, 0.3) is 0 Å². The van der Waals surface area contributed by atoms with Gasteiger partial charge >= 0.3 is 0 Å². The molecule has 0 aliphatic rings. The first kappa shape index (κ1) is 15.3. The number of rotatable bonds is 5. The number of nitrogens with zero attached hydrogens (tertiary/aromatic N) is 5.